The molecule has 2 saturated heterocycles. The first-order valence-electron chi connectivity index (χ1n) is 10.1. The minimum absolute atomic E-state index is 0.506. The maximum absolute atomic E-state index is 11.0. The van der Waals surface area contributed by atoms with Crippen LogP contribution in [0.25, 0.3) is 0 Å². The summed E-state index contributed by atoms with van der Waals surface area (Å²) in [7, 11) is 0. The van der Waals surface area contributed by atoms with Gasteiger partial charge < -0.3 is 10.2 Å². The van der Waals surface area contributed by atoms with Gasteiger partial charge in [0.2, 0.25) is 0 Å². The highest BCUT2D eigenvalue weighted by atomic mass is 16.3. The zero-order valence-corrected chi connectivity index (χ0v) is 15.9. The fraction of sp³-hybridized carbons (Fsp3) is 0.478. The highest BCUT2D eigenvalue weighted by molar-refractivity contribution is 5.25. The van der Waals surface area contributed by atoms with Crippen LogP contribution in [0.15, 0.2) is 60.7 Å². The van der Waals surface area contributed by atoms with Crippen molar-refractivity contribution in [1.29, 1.82) is 0 Å². The third kappa shape index (κ3) is 4.09. The molecule has 2 heterocycles. The summed E-state index contributed by atoms with van der Waals surface area (Å²) in [6.07, 6.45) is 2.10. The monoisotopic (exact) mass is 366 g/mol. The second kappa shape index (κ2) is 8.11. The van der Waals surface area contributed by atoms with Gasteiger partial charge in [-0.2, -0.15) is 0 Å². The number of piperidine rings is 2. The number of hydrogen-bond acceptors (Lipinski definition) is 4. The van der Waals surface area contributed by atoms with E-state index >= 15 is 0 Å². The van der Waals surface area contributed by atoms with E-state index in [1.165, 1.54) is 5.56 Å². The Kier molecular flexibility index (Phi) is 5.60. The molecule has 27 heavy (non-hydrogen) atoms. The van der Waals surface area contributed by atoms with E-state index in [9.17, 15) is 10.2 Å². The number of β-amino-alcohol motifs (C(OH)–C–C–N with tert-alkyl or cyclic N) is 1. The molecular formula is C23H30N2O2. The van der Waals surface area contributed by atoms with Crippen LogP contribution in [0.2, 0.25) is 0 Å². The molecule has 2 aromatic rings. The maximum atomic E-state index is 11.0. The molecule has 2 aromatic carbocycles. The van der Waals surface area contributed by atoms with Crippen molar-refractivity contribution in [2.75, 3.05) is 26.2 Å². The number of benzene rings is 2. The van der Waals surface area contributed by atoms with Gasteiger partial charge in [0.15, 0.2) is 0 Å². The average Bonchev–Trinajstić information content (AvgIpc) is 2.72. The quantitative estimate of drug-likeness (QED) is 0.873. The van der Waals surface area contributed by atoms with Crippen molar-refractivity contribution < 1.29 is 10.2 Å². The molecule has 2 aliphatic heterocycles. The lowest BCUT2D eigenvalue weighted by Crippen LogP contribution is -2.57. The number of rotatable bonds is 4. The largest absolute Gasteiger partial charge is 0.388 e. The first-order chi connectivity index (χ1) is 13.1. The summed E-state index contributed by atoms with van der Waals surface area (Å²) in [5, 5.41) is 21.8. The van der Waals surface area contributed by atoms with E-state index in [0.29, 0.717) is 19.0 Å². The minimum atomic E-state index is -1.12. The summed E-state index contributed by atoms with van der Waals surface area (Å²) in [5.41, 5.74) is 1.08. The minimum Gasteiger partial charge on any atom is -0.388 e. The summed E-state index contributed by atoms with van der Waals surface area (Å²) in [6.45, 7) is 4.59. The zero-order valence-electron chi connectivity index (χ0n) is 15.9. The molecular weight excluding hydrogens is 336 g/mol. The Hall–Kier alpha value is -1.72. The van der Waals surface area contributed by atoms with Crippen LogP contribution in [0, 0.1) is 0 Å². The van der Waals surface area contributed by atoms with Crippen LogP contribution in [-0.4, -0.2) is 58.3 Å². The summed E-state index contributed by atoms with van der Waals surface area (Å²) in [4.78, 5) is 4.91. The van der Waals surface area contributed by atoms with Crippen molar-refractivity contribution in [3.8, 4) is 0 Å². The molecule has 0 aliphatic carbocycles. The van der Waals surface area contributed by atoms with Gasteiger partial charge in [-0.1, -0.05) is 60.7 Å². The Morgan fingerprint density at radius 2 is 1.52 bits per heavy atom. The Morgan fingerprint density at radius 3 is 2.15 bits per heavy atom. The molecule has 4 rings (SSSR count). The van der Waals surface area contributed by atoms with Crippen molar-refractivity contribution in [3.63, 3.8) is 0 Å². The average molecular weight is 367 g/mol. The maximum Gasteiger partial charge on any atom is 0.118 e. The van der Waals surface area contributed by atoms with Crippen molar-refractivity contribution in [2.45, 2.75) is 43.6 Å². The van der Waals surface area contributed by atoms with E-state index in [2.05, 4.69) is 40.1 Å². The van der Waals surface area contributed by atoms with Gasteiger partial charge in [-0.25, -0.2) is 0 Å². The first kappa shape index (κ1) is 18.6. The van der Waals surface area contributed by atoms with Crippen LogP contribution < -0.4 is 0 Å². The standard InChI is InChI=1S/C23H30N2O2/c26-22-18-25(16-13-23(22,27)20-9-5-2-6-10-20)21-11-14-24(15-12-21)17-19-7-3-1-4-8-19/h1-10,21-22,26-27H,11-18H2/t22-,23-/m0/s1. The highest BCUT2D eigenvalue weighted by Crippen LogP contribution is 2.34. The van der Waals surface area contributed by atoms with E-state index in [4.69, 9.17) is 0 Å². The van der Waals surface area contributed by atoms with E-state index in [1.54, 1.807) is 0 Å². The van der Waals surface area contributed by atoms with Crippen LogP contribution >= 0.6 is 0 Å². The van der Waals surface area contributed by atoms with Gasteiger partial charge in [0.1, 0.15) is 5.60 Å². The highest BCUT2D eigenvalue weighted by Gasteiger charge is 2.43. The van der Waals surface area contributed by atoms with E-state index in [-0.39, 0.29) is 0 Å². The van der Waals surface area contributed by atoms with Crippen molar-refractivity contribution in [2.24, 2.45) is 0 Å². The number of hydrogen-bond donors (Lipinski definition) is 2. The van der Waals surface area contributed by atoms with Crippen molar-refractivity contribution in [3.05, 3.63) is 71.8 Å². The Balaban J connectivity index is 1.31. The van der Waals surface area contributed by atoms with Gasteiger partial charge in [0.05, 0.1) is 6.10 Å². The van der Waals surface area contributed by atoms with Crippen LogP contribution in [0.1, 0.15) is 30.4 Å². The molecule has 0 spiro atoms. The number of likely N-dealkylation sites (tertiary alicyclic amines) is 2. The predicted molar refractivity (Wildman–Crippen MR) is 107 cm³/mol. The van der Waals surface area contributed by atoms with E-state index < -0.39 is 11.7 Å². The van der Waals surface area contributed by atoms with Crippen LogP contribution in [0.3, 0.4) is 0 Å². The first-order valence-corrected chi connectivity index (χ1v) is 10.1. The van der Waals surface area contributed by atoms with Gasteiger partial charge in [-0.15, -0.1) is 0 Å². The lowest BCUT2D eigenvalue weighted by molar-refractivity contribution is -0.133. The summed E-state index contributed by atoms with van der Waals surface area (Å²) < 4.78 is 0. The second-order valence-corrected chi connectivity index (χ2v) is 8.04. The molecule has 0 unspecified atom stereocenters. The molecule has 2 aliphatic rings. The fourth-order valence-corrected chi connectivity index (χ4v) is 4.62. The third-order valence-corrected chi connectivity index (χ3v) is 6.34. The van der Waals surface area contributed by atoms with Crippen LogP contribution in [0.5, 0.6) is 0 Å². The lowest BCUT2D eigenvalue weighted by Gasteiger charge is -2.47. The molecule has 2 atom stereocenters. The predicted octanol–water partition coefficient (Wildman–Crippen LogP) is 2.61. The molecule has 2 N–H and O–H groups in total. The Labute approximate surface area is 162 Å². The molecule has 0 saturated carbocycles. The van der Waals surface area contributed by atoms with Crippen LogP contribution in [0.4, 0.5) is 0 Å². The fourth-order valence-electron chi connectivity index (χ4n) is 4.62. The van der Waals surface area contributed by atoms with Gasteiger partial charge in [0.25, 0.3) is 0 Å². The number of aliphatic hydroxyl groups excluding tert-OH is 1. The molecule has 4 heteroatoms. The van der Waals surface area contributed by atoms with Crippen molar-refractivity contribution in [1.82, 2.24) is 9.80 Å². The molecule has 0 aromatic heterocycles. The van der Waals surface area contributed by atoms with Crippen LogP contribution in [-0.2, 0) is 12.1 Å². The normalized spacial score (nSPS) is 28.3. The Bertz CT molecular complexity index is 716. The third-order valence-electron chi connectivity index (χ3n) is 6.34. The summed E-state index contributed by atoms with van der Waals surface area (Å²) in [6, 6.07) is 20.8. The summed E-state index contributed by atoms with van der Waals surface area (Å²) >= 11 is 0. The number of aliphatic hydroxyl groups is 2. The van der Waals surface area contributed by atoms with Gasteiger partial charge >= 0.3 is 0 Å². The van der Waals surface area contributed by atoms with Crippen molar-refractivity contribution >= 4 is 0 Å². The van der Waals surface area contributed by atoms with Gasteiger partial charge in [0, 0.05) is 25.7 Å². The van der Waals surface area contributed by atoms with E-state index in [1.807, 2.05) is 30.3 Å². The van der Waals surface area contributed by atoms with Gasteiger partial charge in [-0.05, 0) is 43.5 Å². The second-order valence-electron chi connectivity index (χ2n) is 8.04. The van der Waals surface area contributed by atoms with Gasteiger partial charge in [-0.3, -0.25) is 9.80 Å². The molecule has 4 nitrogen and oxygen atoms in total. The SMILES string of the molecule is O[C@H]1CN(C2CCN(Cc3ccccc3)CC2)CC[C@]1(O)c1ccccc1. The van der Waals surface area contributed by atoms with E-state index in [0.717, 1.165) is 44.6 Å². The zero-order chi connectivity index (χ0) is 18.7. The summed E-state index contributed by atoms with van der Waals surface area (Å²) in [5.74, 6) is 0. The molecule has 144 valence electrons. The lowest BCUT2D eigenvalue weighted by atomic mass is 9.81. The smallest absolute Gasteiger partial charge is 0.118 e. The molecule has 2 fully saturated rings. The molecule has 0 radical (unpaired) electrons. The topological polar surface area (TPSA) is 46.9 Å². The Morgan fingerprint density at radius 1 is 0.889 bits per heavy atom. The molecule has 0 bridgehead atoms. The number of nitrogens with zero attached hydrogens (tertiary/aromatic N) is 2. The molecule has 0 amide bonds.